The van der Waals surface area contributed by atoms with E-state index in [9.17, 15) is 4.79 Å². The molecule has 7 heteroatoms. The highest BCUT2D eigenvalue weighted by atomic mass is 35.5. The molecule has 0 unspecified atom stereocenters. The fraction of sp³-hybridized carbons (Fsp3) is 0.0345. The SMILES string of the molecule is COc1ccc(C(=O)c2sc3nc(-c4cc5ccccc5o4)cc(-c4ccc(Cl)cc4)c3c2N)cc1. The quantitative estimate of drug-likeness (QED) is 0.239. The van der Waals surface area contributed by atoms with E-state index < -0.39 is 0 Å². The average Bonchev–Trinajstić information content (AvgIpc) is 3.49. The van der Waals surface area contributed by atoms with E-state index in [0.717, 1.165) is 27.5 Å². The van der Waals surface area contributed by atoms with E-state index in [1.807, 2.05) is 60.7 Å². The maximum absolute atomic E-state index is 13.4. The number of nitrogens with two attached hydrogens (primary N) is 1. The minimum atomic E-state index is -0.162. The molecule has 0 bridgehead atoms. The maximum Gasteiger partial charge on any atom is 0.205 e. The number of anilines is 1. The highest BCUT2D eigenvalue weighted by molar-refractivity contribution is 7.21. The number of nitrogens with zero attached hydrogens (tertiary/aromatic N) is 1. The van der Waals surface area contributed by atoms with Crippen LogP contribution in [0.15, 0.2) is 89.3 Å². The van der Waals surface area contributed by atoms with Crippen molar-refractivity contribution in [2.75, 3.05) is 12.8 Å². The van der Waals surface area contributed by atoms with Gasteiger partial charge in [0.25, 0.3) is 0 Å². The monoisotopic (exact) mass is 510 g/mol. The second-order valence-electron chi connectivity index (χ2n) is 8.29. The largest absolute Gasteiger partial charge is 0.497 e. The number of halogens is 1. The van der Waals surface area contributed by atoms with Crippen LogP contribution in [0.1, 0.15) is 15.2 Å². The van der Waals surface area contributed by atoms with E-state index in [4.69, 9.17) is 31.5 Å². The average molecular weight is 511 g/mol. The maximum atomic E-state index is 13.4. The summed E-state index contributed by atoms with van der Waals surface area (Å²) in [5.41, 5.74) is 10.8. The number of aromatic nitrogens is 1. The van der Waals surface area contributed by atoms with Gasteiger partial charge in [-0.25, -0.2) is 4.98 Å². The lowest BCUT2D eigenvalue weighted by Crippen LogP contribution is -2.02. The summed E-state index contributed by atoms with van der Waals surface area (Å²) in [6.07, 6.45) is 0. The van der Waals surface area contributed by atoms with Crippen molar-refractivity contribution in [3.05, 3.63) is 100 Å². The lowest BCUT2D eigenvalue weighted by Gasteiger charge is -2.08. The van der Waals surface area contributed by atoms with Crippen LogP contribution in [0.3, 0.4) is 0 Å². The third kappa shape index (κ3) is 3.81. The molecule has 3 aromatic carbocycles. The minimum absolute atomic E-state index is 0.162. The van der Waals surface area contributed by atoms with Gasteiger partial charge in [0.1, 0.15) is 26.7 Å². The van der Waals surface area contributed by atoms with Crippen LogP contribution in [-0.4, -0.2) is 17.9 Å². The summed E-state index contributed by atoms with van der Waals surface area (Å²) in [4.78, 5) is 19.4. The molecule has 3 aromatic heterocycles. The van der Waals surface area contributed by atoms with Crippen molar-refractivity contribution < 1.29 is 13.9 Å². The van der Waals surface area contributed by atoms with Crippen molar-refractivity contribution in [3.8, 4) is 28.3 Å². The molecule has 0 amide bonds. The van der Waals surface area contributed by atoms with Crippen LogP contribution in [0.5, 0.6) is 5.75 Å². The molecule has 0 fully saturated rings. The summed E-state index contributed by atoms with van der Waals surface area (Å²) in [6, 6.07) is 26.2. The van der Waals surface area contributed by atoms with Gasteiger partial charge < -0.3 is 14.9 Å². The number of pyridine rings is 1. The molecule has 0 aliphatic heterocycles. The van der Waals surface area contributed by atoms with Crippen molar-refractivity contribution in [1.29, 1.82) is 0 Å². The Morgan fingerprint density at radius 1 is 1.00 bits per heavy atom. The third-order valence-electron chi connectivity index (χ3n) is 6.09. The Morgan fingerprint density at radius 3 is 2.47 bits per heavy atom. The molecular formula is C29H19ClN2O3S. The summed E-state index contributed by atoms with van der Waals surface area (Å²) < 4.78 is 11.3. The number of hydrogen-bond acceptors (Lipinski definition) is 6. The molecule has 2 N–H and O–H groups in total. The first-order valence-electron chi connectivity index (χ1n) is 11.2. The zero-order valence-electron chi connectivity index (χ0n) is 19.1. The normalized spacial score (nSPS) is 11.3. The van der Waals surface area contributed by atoms with Crippen molar-refractivity contribution in [2.24, 2.45) is 0 Å². The van der Waals surface area contributed by atoms with Crippen molar-refractivity contribution in [2.45, 2.75) is 0 Å². The number of para-hydroxylation sites is 1. The highest BCUT2D eigenvalue weighted by Crippen LogP contribution is 2.43. The smallest absolute Gasteiger partial charge is 0.205 e. The Bertz CT molecular complexity index is 1720. The molecule has 0 saturated heterocycles. The number of carbonyl (C=O) groups is 1. The van der Waals surface area contributed by atoms with E-state index in [1.54, 1.807) is 31.4 Å². The standard InChI is InChI=1S/C29H19ClN2O3S/c1-34-20-12-8-17(9-13-20)27(33)28-26(31)25-21(16-6-10-19(30)11-7-16)15-22(32-29(25)36-28)24-14-18-4-2-3-5-23(18)35-24/h2-15H,31H2,1H3. The highest BCUT2D eigenvalue weighted by Gasteiger charge is 2.23. The first kappa shape index (κ1) is 22.3. The molecule has 5 nitrogen and oxygen atoms in total. The first-order valence-corrected chi connectivity index (χ1v) is 12.4. The Morgan fingerprint density at radius 2 is 1.75 bits per heavy atom. The zero-order valence-corrected chi connectivity index (χ0v) is 20.7. The minimum Gasteiger partial charge on any atom is -0.497 e. The third-order valence-corrected chi connectivity index (χ3v) is 7.44. The number of furan rings is 1. The lowest BCUT2D eigenvalue weighted by molar-refractivity contribution is 0.104. The zero-order chi connectivity index (χ0) is 24.8. The van der Waals surface area contributed by atoms with Crippen LogP contribution in [0, 0.1) is 0 Å². The fourth-order valence-electron chi connectivity index (χ4n) is 4.25. The molecule has 6 rings (SSSR count). The molecule has 0 saturated carbocycles. The Hall–Kier alpha value is -4.13. The van der Waals surface area contributed by atoms with Crippen LogP contribution >= 0.6 is 22.9 Å². The molecule has 0 spiro atoms. The number of benzene rings is 3. The summed E-state index contributed by atoms with van der Waals surface area (Å²) in [5.74, 6) is 1.16. The molecule has 6 aromatic rings. The van der Waals surface area contributed by atoms with Gasteiger partial charge in [-0.1, -0.05) is 41.9 Å². The number of methoxy groups -OCH3 is 1. The van der Waals surface area contributed by atoms with E-state index in [0.29, 0.717) is 43.2 Å². The Kier molecular flexibility index (Phi) is 5.48. The van der Waals surface area contributed by atoms with Gasteiger partial charge in [-0.2, -0.15) is 0 Å². The van der Waals surface area contributed by atoms with Crippen molar-refractivity contribution in [1.82, 2.24) is 4.98 Å². The van der Waals surface area contributed by atoms with Gasteiger partial charge in [-0.3, -0.25) is 4.79 Å². The van der Waals surface area contributed by atoms with Crippen LogP contribution in [0.4, 0.5) is 5.69 Å². The summed E-state index contributed by atoms with van der Waals surface area (Å²) >= 11 is 7.43. The molecular weight excluding hydrogens is 492 g/mol. The van der Waals surface area contributed by atoms with Gasteiger partial charge in [0.05, 0.1) is 12.8 Å². The number of thiophene rings is 1. The molecule has 0 aliphatic carbocycles. The van der Waals surface area contributed by atoms with Gasteiger partial charge in [0.15, 0.2) is 5.76 Å². The summed E-state index contributed by atoms with van der Waals surface area (Å²) in [5, 5.41) is 2.36. The van der Waals surface area contributed by atoms with E-state index in [-0.39, 0.29) is 5.78 Å². The fourth-order valence-corrected chi connectivity index (χ4v) is 5.46. The number of nitrogen functional groups attached to an aromatic ring is 1. The lowest BCUT2D eigenvalue weighted by atomic mass is 10.00. The second-order valence-corrected chi connectivity index (χ2v) is 9.73. The second kappa shape index (κ2) is 8.82. The van der Waals surface area contributed by atoms with Gasteiger partial charge in [-0.05, 0) is 65.7 Å². The van der Waals surface area contributed by atoms with Crippen LogP contribution in [0.25, 0.3) is 43.8 Å². The Labute approximate surface area is 215 Å². The van der Waals surface area contributed by atoms with Crippen LogP contribution in [0.2, 0.25) is 5.02 Å². The molecule has 0 atom stereocenters. The van der Waals surface area contributed by atoms with Gasteiger partial charge in [0, 0.05) is 21.4 Å². The predicted molar refractivity (Wildman–Crippen MR) is 146 cm³/mol. The topological polar surface area (TPSA) is 78.3 Å². The molecule has 0 radical (unpaired) electrons. The van der Waals surface area contributed by atoms with Crippen LogP contribution < -0.4 is 10.5 Å². The number of carbonyl (C=O) groups excluding carboxylic acids is 1. The van der Waals surface area contributed by atoms with Gasteiger partial charge in [-0.15, -0.1) is 11.3 Å². The molecule has 176 valence electrons. The summed E-state index contributed by atoms with van der Waals surface area (Å²) in [7, 11) is 1.59. The molecule has 3 heterocycles. The number of ketones is 1. The number of ether oxygens (including phenoxy) is 1. The number of hydrogen-bond donors (Lipinski definition) is 1. The number of fused-ring (bicyclic) bond motifs is 2. The van der Waals surface area contributed by atoms with E-state index in [2.05, 4.69) is 0 Å². The van der Waals surface area contributed by atoms with Gasteiger partial charge in [0.2, 0.25) is 5.78 Å². The van der Waals surface area contributed by atoms with Gasteiger partial charge >= 0.3 is 0 Å². The first-order chi connectivity index (χ1) is 17.5. The van der Waals surface area contributed by atoms with Crippen molar-refractivity contribution >= 4 is 55.6 Å². The Balaban J connectivity index is 1.56. The molecule has 0 aliphatic rings. The molecule has 36 heavy (non-hydrogen) atoms. The van der Waals surface area contributed by atoms with Crippen LogP contribution in [-0.2, 0) is 0 Å². The van der Waals surface area contributed by atoms with E-state index in [1.165, 1.54) is 11.3 Å². The van der Waals surface area contributed by atoms with E-state index >= 15 is 0 Å². The predicted octanol–water partition coefficient (Wildman–Crippen LogP) is 7.85. The summed E-state index contributed by atoms with van der Waals surface area (Å²) in [6.45, 7) is 0. The number of rotatable bonds is 5. The van der Waals surface area contributed by atoms with Crippen molar-refractivity contribution in [3.63, 3.8) is 0 Å².